The maximum absolute atomic E-state index is 12.8. The number of aromatic nitrogens is 1. The number of nitrogens with zero attached hydrogens (tertiary/aromatic N) is 2. The van der Waals surface area contributed by atoms with Gasteiger partial charge in [0.25, 0.3) is 11.8 Å². The van der Waals surface area contributed by atoms with Gasteiger partial charge in [0, 0.05) is 39.1 Å². The van der Waals surface area contributed by atoms with Crippen LogP contribution in [0.4, 0.5) is 5.69 Å². The molecule has 8 nitrogen and oxygen atoms in total. The number of amides is 2. The molecule has 1 fully saturated rings. The van der Waals surface area contributed by atoms with Crippen LogP contribution in [-0.2, 0) is 17.1 Å². The summed E-state index contributed by atoms with van der Waals surface area (Å²) in [4.78, 5) is 24.7. The Hall–Kier alpha value is -2.36. The zero-order valence-electron chi connectivity index (χ0n) is 16.2. The van der Waals surface area contributed by atoms with E-state index in [1.807, 2.05) is 0 Å². The minimum atomic E-state index is -3.63. The number of aryl methyl sites for hydroxylation is 1. The van der Waals surface area contributed by atoms with Gasteiger partial charge in [0.1, 0.15) is 10.6 Å². The molecule has 0 unspecified atom stereocenters. The van der Waals surface area contributed by atoms with Crippen LogP contribution in [0.15, 0.2) is 35.4 Å². The Morgan fingerprint density at radius 3 is 2.41 bits per heavy atom. The van der Waals surface area contributed by atoms with Crippen LogP contribution in [0.1, 0.15) is 40.1 Å². The molecule has 1 saturated heterocycles. The van der Waals surface area contributed by atoms with E-state index in [-0.39, 0.29) is 27.1 Å². The molecule has 0 saturated carbocycles. The van der Waals surface area contributed by atoms with E-state index in [4.69, 9.17) is 11.6 Å². The van der Waals surface area contributed by atoms with Crippen LogP contribution in [0.25, 0.3) is 0 Å². The van der Waals surface area contributed by atoms with Gasteiger partial charge in [-0.3, -0.25) is 9.59 Å². The summed E-state index contributed by atoms with van der Waals surface area (Å²) in [7, 11) is -0.538. The molecule has 29 heavy (non-hydrogen) atoms. The Balaban J connectivity index is 1.83. The highest BCUT2D eigenvalue weighted by molar-refractivity contribution is 7.89. The number of carbonyl (C=O) groups excluding carboxylic acids is 2. The van der Waals surface area contributed by atoms with Gasteiger partial charge in [-0.25, -0.2) is 8.42 Å². The number of hydrogen-bond donors (Lipinski definition) is 2. The highest BCUT2D eigenvalue weighted by atomic mass is 35.5. The molecule has 10 heteroatoms. The number of rotatable bonds is 5. The van der Waals surface area contributed by atoms with Gasteiger partial charge in [-0.2, -0.15) is 4.31 Å². The summed E-state index contributed by atoms with van der Waals surface area (Å²) < 4.78 is 28.6. The molecule has 2 N–H and O–H groups in total. The lowest BCUT2D eigenvalue weighted by atomic mass is 10.2. The number of halogens is 1. The second-order valence-electron chi connectivity index (χ2n) is 6.86. The Morgan fingerprint density at radius 1 is 1.07 bits per heavy atom. The predicted molar refractivity (Wildman–Crippen MR) is 111 cm³/mol. The monoisotopic (exact) mass is 438 g/mol. The summed E-state index contributed by atoms with van der Waals surface area (Å²) in [5, 5.41) is 5.43. The van der Waals surface area contributed by atoms with Gasteiger partial charge >= 0.3 is 0 Å². The van der Waals surface area contributed by atoms with Crippen LogP contribution in [0, 0.1) is 0 Å². The number of benzene rings is 1. The van der Waals surface area contributed by atoms with Crippen molar-refractivity contribution >= 4 is 39.1 Å². The van der Waals surface area contributed by atoms with Gasteiger partial charge in [-0.05, 0) is 37.1 Å². The van der Waals surface area contributed by atoms with Gasteiger partial charge in [0.2, 0.25) is 10.0 Å². The predicted octanol–water partition coefficient (Wildman–Crippen LogP) is 2.46. The third-order valence-corrected chi connectivity index (χ3v) is 7.05. The molecule has 2 aromatic rings. The summed E-state index contributed by atoms with van der Waals surface area (Å²) in [5.74, 6) is -0.863. The molecule has 156 valence electrons. The van der Waals surface area contributed by atoms with Gasteiger partial charge < -0.3 is 15.2 Å². The van der Waals surface area contributed by atoms with E-state index >= 15 is 0 Å². The van der Waals surface area contributed by atoms with Gasteiger partial charge in [0.05, 0.1) is 10.6 Å². The maximum Gasteiger partial charge on any atom is 0.272 e. The quantitative estimate of drug-likeness (QED) is 0.748. The molecular formula is C19H23ClN4O4S. The topological polar surface area (TPSA) is 101 Å². The van der Waals surface area contributed by atoms with E-state index in [1.54, 1.807) is 13.1 Å². The molecule has 0 atom stereocenters. The Bertz CT molecular complexity index is 1040. The zero-order valence-corrected chi connectivity index (χ0v) is 17.8. The highest BCUT2D eigenvalue weighted by Gasteiger charge is 2.28. The lowest BCUT2D eigenvalue weighted by Gasteiger charge is -2.25. The molecular weight excluding hydrogens is 416 g/mol. The SMILES string of the molecule is CNC(=O)c1cc(NC(=O)c2cc(S(=O)(=O)N3CCCCC3)cn2C)ccc1Cl. The molecule has 0 aliphatic carbocycles. The maximum atomic E-state index is 12.8. The van der Waals surface area contributed by atoms with Crippen LogP contribution in [0.3, 0.4) is 0 Å². The first-order valence-electron chi connectivity index (χ1n) is 9.23. The summed E-state index contributed by atoms with van der Waals surface area (Å²) in [5.41, 5.74) is 0.795. The first-order chi connectivity index (χ1) is 13.7. The van der Waals surface area contributed by atoms with Crippen molar-refractivity contribution < 1.29 is 18.0 Å². The van der Waals surface area contributed by atoms with Gasteiger partial charge in [-0.1, -0.05) is 18.0 Å². The molecule has 1 aliphatic rings. The number of sulfonamides is 1. The number of piperidine rings is 1. The zero-order chi connectivity index (χ0) is 21.2. The van der Waals surface area contributed by atoms with E-state index in [2.05, 4.69) is 10.6 Å². The van der Waals surface area contributed by atoms with E-state index < -0.39 is 15.9 Å². The molecule has 1 aliphatic heterocycles. The third-order valence-electron chi connectivity index (χ3n) is 4.86. The average Bonchev–Trinajstić information content (AvgIpc) is 3.12. The molecule has 0 bridgehead atoms. The van der Waals surface area contributed by atoms with Crippen LogP contribution in [0.2, 0.25) is 5.02 Å². The van der Waals surface area contributed by atoms with Crippen molar-refractivity contribution in [1.82, 2.24) is 14.2 Å². The summed E-state index contributed by atoms with van der Waals surface area (Å²) >= 11 is 6.03. The lowest BCUT2D eigenvalue weighted by molar-refractivity contribution is 0.0961. The minimum absolute atomic E-state index is 0.0919. The van der Waals surface area contributed by atoms with Crippen molar-refractivity contribution in [3.63, 3.8) is 0 Å². The van der Waals surface area contributed by atoms with Gasteiger partial charge in [0.15, 0.2) is 0 Å². The first kappa shape index (κ1) is 21.4. The van der Waals surface area contributed by atoms with Crippen molar-refractivity contribution in [2.45, 2.75) is 24.2 Å². The van der Waals surface area contributed by atoms with Gasteiger partial charge in [-0.15, -0.1) is 0 Å². The largest absolute Gasteiger partial charge is 0.355 e. The molecule has 0 spiro atoms. The third kappa shape index (κ3) is 4.47. The van der Waals surface area contributed by atoms with E-state index in [1.165, 1.54) is 40.3 Å². The van der Waals surface area contributed by atoms with Crippen LogP contribution in [-0.4, -0.2) is 49.2 Å². The fourth-order valence-electron chi connectivity index (χ4n) is 3.26. The van der Waals surface area contributed by atoms with Crippen molar-refractivity contribution in [1.29, 1.82) is 0 Å². The number of anilines is 1. The fourth-order valence-corrected chi connectivity index (χ4v) is 5.05. The summed E-state index contributed by atoms with van der Waals surface area (Å²) in [6.07, 6.45) is 4.14. The molecule has 3 rings (SSSR count). The Labute approximate surface area is 174 Å². The van der Waals surface area contributed by atoms with E-state index in [0.29, 0.717) is 18.8 Å². The minimum Gasteiger partial charge on any atom is -0.355 e. The van der Waals surface area contributed by atoms with E-state index in [0.717, 1.165) is 19.3 Å². The summed E-state index contributed by atoms with van der Waals surface area (Å²) in [6, 6.07) is 5.92. The standard InChI is InChI=1S/C19H23ClN4O4S/c1-21-18(25)15-10-13(6-7-16(15)20)22-19(26)17-11-14(12-23(17)2)29(27,28)24-8-4-3-5-9-24/h6-7,10-12H,3-5,8-9H2,1-2H3,(H,21,25)(H,22,26). The Kier molecular flexibility index (Phi) is 6.30. The fraction of sp³-hybridized carbons (Fsp3) is 0.368. The molecule has 2 amide bonds. The highest BCUT2D eigenvalue weighted by Crippen LogP contribution is 2.24. The second kappa shape index (κ2) is 8.56. The van der Waals surface area contributed by atoms with E-state index in [9.17, 15) is 18.0 Å². The second-order valence-corrected chi connectivity index (χ2v) is 9.21. The number of hydrogen-bond acceptors (Lipinski definition) is 4. The first-order valence-corrected chi connectivity index (χ1v) is 11.1. The van der Waals surface area contributed by atoms with Crippen molar-refractivity contribution in [3.8, 4) is 0 Å². The Morgan fingerprint density at radius 2 is 1.76 bits per heavy atom. The number of nitrogens with one attached hydrogen (secondary N) is 2. The molecule has 1 aromatic carbocycles. The van der Waals surface area contributed by atoms with Crippen LogP contribution >= 0.6 is 11.6 Å². The van der Waals surface area contributed by atoms with Crippen molar-refractivity contribution in [3.05, 3.63) is 46.7 Å². The normalized spacial score (nSPS) is 15.1. The smallest absolute Gasteiger partial charge is 0.272 e. The summed E-state index contributed by atoms with van der Waals surface area (Å²) in [6.45, 7) is 0.984. The lowest BCUT2D eigenvalue weighted by Crippen LogP contribution is -2.35. The van der Waals surface area contributed by atoms with Crippen molar-refractivity contribution in [2.24, 2.45) is 7.05 Å². The van der Waals surface area contributed by atoms with Crippen LogP contribution < -0.4 is 10.6 Å². The number of carbonyl (C=O) groups is 2. The molecule has 0 radical (unpaired) electrons. The average molecular weight is 439 g/mol. The molecule has 2 heterocycles. The van der Waals surface area contributed by atoms with Crippen LogP contribution in [0.5, 0.6) is 0 Å². The molecule has 1 aromatic heterocycles. The van der Waals surface area contributed by atoms with Crippen molar-refractivity contribution in [2.75, 3.05) is 25.5 Å².